The molecule has 5 aromatic rings. The standard InChI is InChI=1S/C24H19N5/c1-29(16-19-9-4-8-18-14-25-13-12-20(18)19)24-27-23(15-26-28-24)22-11-5-7-17-6-2-3-10-21(17)22/h2-15H,16H2,1H3. The van der Waals surface area contributed by atoms with Crippen molar-refractivity contribution in [3.05, 3.63) is 90.9 Å². The van der Waals surface area contributed by atoms with E-state index in [1.807, 2.05) is 48.6 Å². The lowest BCUT2D eigenvalue weighted by molar-refractivity contribution is 0.835. The molecule has 0 radical (unpaired) electrons. The van der Waals surface area contributed by atoms with Gasteiger partial charge in [-0.05, 0) is 27.8 Å². The second-order valence-corrected chi connectivity index (χ2v) is 7.04. The van der Waals surface area contributed by atoms with Crippen molar-refractivity contribution >= 4 is 27.5 Å². The van der Waals surface area contributed by atoms with Crippen LogP contribution in [0.4, 0.5) is 5.95 Å². The van der Waals surface area contributed by atoms with E-state index in [2.05, 4.69) is 57.6 Å². The van der Waals surface area contributed by atoms with Crippen LogP contribution in [0.15, 0.2) is 85.3 Å². The third kappa shape index (κ3) is 3.27. The second-order valence-electron chi connectivity index (χ2n) is 7.04. The molecule has 0 saturated heterocycles. The number of benzene rings is 3. The van der Waals surface area contributed by atoms with Crippen molar-refractivity contribution in [1.82, 2.24) is 20.2 Å². The molecule has 5 rings (SSSR count). The van der Waals surface area contributed by atoms with E-state index in [-0.39, 0.29) is 0 Å². The first kappa shape index (κ1) is 17.3. The molecule has 0 unspecified atom stereocenters. The van der Waals surface area contributed by atoms with Crippen LogP contribution in [0.2, 0.25) is 0 Å². The number of aromatic nitrogens is 4. The van der Waals surface area contributed by atoms with Crippen LogP contribution in [-0.2, 0) is 6.54 Å². The number of rotatable bonds is 4. The first-order chi connectivity index (χ1) is 14.3. The monoisotopic (exact) mass is 377 g/mol. The first-order valence-corrected chi connectivity index (χ1v) is 9.50. The van der Waals surface area contributed by atoms with Gasteiger partial charge < -0.3 is 4.90 Å². The highest BCUT2D eigenvalue weighted by atomic mass is 15.3. The molecule has 0 amide bonds. The molecule has 2 heterocycles. The Morgan fingerprint density at radius 3 is 2.59 bits per heavy atom. The highest BCUT2D eigenvalue weighted by Crippen LogP contribution is 2.28. The van der Waals surface area contributed by atoms with E-state index in [1.165, 1.54) is 16.3 Å². The highest BCUT2D eigenvalue weighted by molar-refractivity contribution is 5.95. The fourth-order valence-electron chi connectivity index (χ4n) is 3.69. The van der Waals surface area contributed by atoms with Gasteiger partial charge in [0.2, 0.25) is 5.95 Å². The van der Waals surface area contributed by atoms with Gasteiger partial charge in [-0.25, -0.2) is 4.98 Å². The second kappa shape index (κ2) is 7.28. The molecule has 0 aliphatic heterocycles. The summed E-state index contributed by atoms with van der Waals surface area (Å²) in [6, 6.07) is 22.8. The van der Waals surface area contributed by atoms with Gasteiger partial charge in [0.1, 0.15) is 0 Å². The summed E-state index contributed by atoms with van der Waals surface area (Å²) in [7, 11) is 1.99. The summed E-state index contributed by atoms with van der Waals surface area (Å²) in [5.41, 5.74) is 3.08. The number of nitrogens with zero attached hydrogens (tertiary/aromatic N) is 5. The fourth-order valence-corrected chi connectivity index (χ4v) is 3.69. The van der Waals surface area contributed by atoms with Gasteiger partial charge in [-0.15, -0.1) is 5.10 Å². The lowest BCUT2D eigenvalue weighted by Gasteiger charge is -2.18. The number of hydrogen-bond acceptors (Lipinski definition) is 5. The summed E-state index contributed by atoms with van der Waals surface area (Å²) in [5, 5.41) is 13.2. The SMILES string of the molecule is CN(Cc1cccc2cnccc12)c1nncc(-c2cccc3ccccc23)n1. The lowest BCUT2D eigenvalue weighted by atomic mass is 10.0. The van der Waals surface area contributed by atoms with Crippen molar-refractivity contribution < 1.29 is 0 Å². The smallest absolute Gasteiger partial charge is 0.245 e. The number of pyridine rings is 1. The van der Waals surface area contributed by atoms with Crippen LogP contribution >= 0.6 is 0 Å². The molecule has 2 aromatic heterocycles. The van der Waals surface area contributed by atoms with Crippen LogP contribution in [0.5, 0.6) is 0 Å². The number of fused-ring (bicyclic) bond motifs is 2. The van der Waals surface area contributed by atoms with E-state index in [4.69, 9.17) is 4.98 Å². The summed E-state index contributed by atoms with van der Waals surface area (Å²) in [4.78, 5) is 11.0. The summed E-state index contributed by atoms with van der Waals surface area (Å²) in [5.74, 6) is 0.599. The van der Waals surface area contributed by atoms with Gasteiger partial charge in [-0.1, -0.05) is 60.7 Å². The molecule has 0 fully saturated rings. The minimum Gasteiger partial charge on any atom is -0.338 e. The Kier molecular flexibility index (Phi) is 4.33. The van der Waals surface area contributed by atoms with Gasteiger partial charge >= 0.3 is 0 Å². The van der Waals surface area contributed by atoms with Crippen molar-refractivity contribution in [3.63, 3.8) is 0 Å². The van der Waals surface area contributed by atoms with Crippen LogP contribution in [0.1, 0.15) is 5.56 Å². The van der Waals surface area contributed by atoms with Crippen LogP contribution in [0, 0.1) is 0 Å². The molecule has 0 saturated carbocycles. The molecule has 3 aromatic carbocycles. The average Bonchev–Trinajstić information content (AvgIpc) is 2.79. The van der Waals surface area contributed by atoms with E-state index in [0.717, 1.165) is 22.0 Å². The molecule has 5 nitrogen and oxygen atoms in total. The minimum atomic E-state index is 0.599. The van der Waals surface area contributed by atoms with Crippen molar-refractivity contribution in [2.24, 2.45) is 0 Å². The van der Waals surface area contributed by atoms with E-state index in [9.17, 15) is 0 Å². The van der Waals surface area contributed by atoms with Crippen LogP contribution in [0.3, 0.4) is 0 Å². The van der Waals surface area contributed by atoms with Gasteiger partial charge in [-0.3, -0.25) is 4.98 Å². The molecule has 0 spiro atoms. The molecule has 0 N–H and O–H groups in total. The van der Waals surface area contributed by atoms with E-state index >= 15 is 0 Å². The zero-order chi connectivity index (χ0) is 19.6. The molecule has 140 valence electrons. The number of anilines is 1. The summed E-state index contributed by atoms with van der Waals surface area (Å²) in [6.07, 6.45) is 5.44. The lowest BCUT2D eigenvalue weighted by Crippen LogP contribution is -2.20. The van der Waals surface area contributed by atoms with Gasteiger partial charge in [0.05, 0.1) is 11.9 Å². The Morgan fingerprint density at radius 2 is 1.62 bits per heavy atom. The summed E-state index contributed by atoms with van der Waals surface area (Å²) < 4.78 is 0. The maximum atomic E-state index is 4.81. The Bertz CT molecular complexity index is 1300. The minimum absolute atomic E-state index is 0.599. The normalized spacial score (nSPS) is 11.1. The van der Waals surface area contributed by atoms with Crippen molar-refractivity contribution in [2.45, 2.75) is 6.54 Å². The van der Waals surface area contributed by atoms with Crippen molar-refractivity contribution in [1.29, 1.82) is 0 Å². The summed E-state index contributed by atoms with van der Waals surface area (Å²) in [6.45, 7) is 0.683. The van der Waals surface area contributed by atoms with Crippen molar-refractivity contribution in [2.75, 3.05) is 11.9 Å². The average molecular weight is 377 g/mol. The predicted molar refractivity (Wildman–Crippen MR) is 117 cm³/mol. The van der Waals surface area contributed by atoms with Crippen LogP contribution in [-0.4, -0.2) is 27.2 Å². The number of hydrogen-bond donors (Lipinski definition) is 0. The van der Waals surface area contributed by atoms with Crippen LogP contribution in [0.25, 0.3) is 32.8 Å². The summed E-state index contributed by atoms with van der Waals surface area (Å²) >= 11 is 0. The van der Waals surface area contributed by atoms with Gasteiger partial charge in [0, 0.05) is 36.9 Å². The Hall–Kier alpha value is -3.86. The fraction of sp³-hybridized carbons (Fsp3) is 0.0833. The molecule has 29 heavy (non-hydrogen) atoms. The Balaban J connectivity index is 1.51. The molecule has 0 aliphatic carbocycles. The highest BCUT2D eigenvalue weighted by Gasteiger charge is 2.12. The zero-order valence-electron chi connectivity index (χ0n) is 16.0. The maximum Gasteiger partial charge on any atom is 0.245 e. The largest absolute Gasteiger partial charge is 0.338 e. The van der Waals surface area contributed by atoms with Gasteiger partial charge in [-0.2, -0.15) is 5.10 Å². The van der Waals surface area contributed by atoms with Crippen molar-refractivity contribution in [3.8, 4) is 11.3 Å². The van der Waals surface area contributed by atoms with E-state index in [1.54, 1.807) is 6.20 Å². The molecular weight excluding hydrogens is 358 g/mol. The molecule has 0 bridgehead atoms. The molecule has 5 heteroatoms. The van der Waals surface area contributed by atoms with E-state index in [0.29, 0.717) is 12.5 Å². The van der Waals surface area contributed by atoms with Gasteiger partial charge in [0.15, 0.2) is 0 Å². The Labute approximate surface area is 168 Å². The third-order valence-corrected chi connectivity index (χ3v) is 5.13. The van der Waals surface area contributed by atoms with E-state index < -0.39 is 0 Å². The third-order valence-electron chi connectivity index (χ3n) is 5.13. The first-order valence-electron chi connectivity index (χ1n) is 9.50. The Morgan fingerprint density at radius 1 is 0.793 bits per heavy atom. The quantitative estimate of drug-likeness (QED) is 0.447. The molecule has 0 atom stereocenters. The molecule has 0 aliphatic rings. The van der Waals surface area contributed by atoms with Gasteiger partial charge in [0.25, 0.3) is 0 Å². The predicted octanol–water partition coefficient (Wildman–Crippen LogP) is 4.88. The maximum absolute atomic E-state index is 4.81. The zero-order valence-corrected chi connectivity index (χ0v) is 16.0. The topological polar surface area (TPSA) is 54.8 Å². The van der Waals surface area contributed by atoms with Crippen LogP contribution < -0.4 is 4.90 Å². The molecular formula is C24H19N5.